The Labute approximate surface area is 171 Å². The highest BCUT2D eigenvalue weighted by Crippen LogP contribution is 2.48. The minimum atomic E-state index is -5.11. The number of halogens is 7. The van der Waals surface area contributed by atoms with E-state index in [1.54, 1.807) is 0 Å². The Morgan fingerprint density at radius 1 is 1.00 bits per heavy atom. The lowest BCUT2D eigenvalue weighted by Crippen LogP contribution is -2.53. The third-order valence-corrected chi connectivity index (χ3v) is 5.24. The summed E-state index contributed by atoms with van der Waals surface area (Å²) in [5, 5.41) is 4.94. The van der Waals surface area contributed by atoms with E-state index in [2.05, 4.69) is 15.3 Å². The molecule has 4 rings (SSSR count). The van der Waals surface area contributed by atoms with E-state index in [-0.39, 0.29) is 18.7 Å². The van der Waals surface area contributed by atoms with Crippen LogP contribution in [-0.4, -0.2) is 25.2 Å². The van der Waals surface area contributed by atoms with E-state index in [0.29, 0.717) is 17.7 Å². The zero-order valence-corrected chi connectivity index (χ0v) is 15.8. The fourth-order valence-corrected chi connectivity index (χ4v) is 3.47. The molecule has 1 atom stereocenters. The van der Waals surface area contributed by atoms with E-state index in [1.807, 2.05) is 0 Å². The average Bonchev–Trinajstić information content (AvgIpc) is 3.11. The van der Waals surface area contributed by atoms with Crippen LogP contribution in [0.1, 0.15) is 16.7 Å². The number of benzene rings is 2. The van der Waals surface area contributed by atoms with Crippen molar-refractivity contribution in [1.82, 2.24) is 5.32 Å². The number of nitrogens with zero attached hydrogens (tertiary/aromatic N) is 1. The molecule has 0 spiro atoms. The van der Waals surface area contributed by atoms with Crippen molar-refractivity contribution in [1.29, 1.82) is 0 Å². The van der Waals surface area contributed by atoms with Gasteiger partial charge in [0.05, 0.1) is 15.6 Å². The molecule has 2 aromatic rings. The third kappa shape index (κ3) is 3.21. The number of hydrogen-bond donors (Lipinski definition) is 1. The quantitative estimate of drug-likeness (QED) is 0.524. The van der Waals surface area contributed by atoms with Crippen LogP contribution in [0.2, 0.25) is 10.0 Å². The van der Waals surface area contributed by atoms with Gasteiger partial charge in [-0.25, -0.2) is 8.78 Å². The predicted molar refractivity (Wildman–Crippen MR) is 95.0 cm³/mol. The van der Waals surface area contributed by atoms with Gasteiger partial charge in [-0.05, 0) is 35.0 Å². The van der Waals surface area contributed by atoms with Crippen LogP contribution in [0.3, 0.4) is 0 Å². The van der Waals surface area contributed by atoms with Gasteiger partial charge >= 0.3 is 12.0 Å². The summed E-state index contributed by atoms with van der Waals surface area (Å²) in [6, 6.07) is 7.01. The van der Waals surface area contributed by atoms with E-state index >= 15 is 0 Å². The minimum Gasteiger partial charge on any atom is -0.419 e. The molecule has 2 aliphatic rings. The first-order valence-corrected chi connectivity index (χ1v) is 8.99. The fraction of sp³-hybridized carbons (Fsp3) is 0.278. The van der Waals surface area contributed by atoms with Crippen LogP contribution in [0, 0.1) is 5.82 Å². The van der Waals surface area contributed by atoms with Crippen molar-refractivity contribution in [2.24, 2.45) is 5.16 Å². The molecule has 0 radical (unpaired) electrons. The van der Waals surface area contributed by atoms with Crippen molar-refractivity contribution in [2.75, 3.05) is 13.1 Å². The van der Waals surface area contributed by atoms with Gasteiger partial charge in [0.2, 0.25) is 0 Å². The van der Waals surface area contributed by atoms with E-state index in [0.717, 1.165) is 0 Å². The molecule has 1 unspecified atom stereocenters. The Bertz CT molecular complexity index is 970. The third-order valence-electron chi connectivity index (χ3n) is 4.69. The fourth-order valence-electron chi connectivity index (χ4n) is 2.98. The van der Waals surface area contributed by atoms with E-state index in [4.69, 9.17) is 27.9 Å². The van der Waals surface area contributed by atoms with Gasteiger partial charge in [-0.1, -0.05) is 35.3 Å². The lowest BCUT2D eigenvalue weighted by Gasteiger charge is -2.35. The second kappa shape index (κ2) is 6.72. The molecule has 11 heteroatoms. The molecule has 0 saturated carbocycles. The largest absolute Gasteiger partial charge is 0.475 e. The first-order chi connectivity index (χ1) is 13.6. The van der Waals surface area contributed by atoms with Gasteiger partial charge in [0.15, 0.2) is 11.5 Å². The number of oxime groups is 1. The number of ether oxygens (including phenoxy) is 1. The van der Waals surface area contributed by atoms with Crippen LogP contribution < -0.4 is 5.32 Å². The summed E-state index contributed by atoms with van der Waals surface area (Å²) >= 11 is 11.3. The molecular formula is C18H11Cl2F5N2O2. The molecule has 0 aliphatic carbocycles. The van der Waals surface area contributed by atoms with Gasteiger partial charge in [-0.15, -0.1) is 0 Å². The Kier molecular flexibility index (Phi) is 4.67. The molecule has 0 aromatic heterocycles. The van der Waals surface area contributed by atoms with Gasteiger partial charge in [-0.2, -0.15) is 13.2 Å². The zero-order valence-electron chi connectivity index (χ0n) is 14.3. The average molecular weight is 453 g/mol. The Balaban J connectivity index is 1.67. The van der Waals surface area contributed by atoms with Gasteiger partial charge in [0, 0.05) is 18.7 Å². The Hall–Kier alpha value is -2.10. The predicted octanol–water partition coefficient (Wildman–Crippen LogP) is 5.02. The standard InChI is InChI=1S/C18H11Cl2F5N2O2/c19-12-5-11(6-13(20)14(12)21)17(18(23,24)25)28-15(27-29-17)9-1-3-10(4-2-9)16(22)7-26-8-16/h1-6,26H,7-8H2. The molecule has 1 fully saturated rings. The van der Waals surface area contributed by atoms with Crippen molar-refractivity contribution in [3.05, 3.63) is 69.0 Å². The van der Waals surface area contributed by atoms with E-state index in [1.165, 1.54) is 24.3 Å². The van der Waals surface area contributed by atoms with Crippen molar-refractivity contribution in [3.8, 4) is 0 Å². The second-order valence-electron chi connectivity index (χ2n) is 6.60. The van der Waals surface area contributed by atoms with Crippen LogP contribution in [0.4, 0.5) is 22.0 Å². The molecule has 1 N–H and O–H groups in total. The number of nitrogens with one attached hydrogen (secondary N) is 1. The molecule has 2 heterocycles. The first kappa shape index (κ1) is 20.2. The summed E-state index contributed by atoms with van der Waals surface area (Å²) < 4.78 is 74.7. The Morgan fingerprint density at radius 2 is 1.59 bits per heavy atom. The zero-order chi connectivity index (χ0) is 21.0. The summed E-state index contributed by atoms with van der Waals surface area (Å²) in [6.07, 6.45) is -5.11. The maximum Gasteiger partial charge on any atom is 0.475 e. The van der Waals surface area contributed by atoms with Crippen LogP contribution in [0.5, 0.6) is 0 Å². The number of rotatable bonds is 3. The highest BCUT2D eigenvalue weighted by atomic mass is 35.5. The highest BCUT2D eigenvalue weighted by Gasteiger charge is 2.66. The van der Waals surface area contributed by atoms with Crippen LogP contribution >= 0.6 is 23.2 Å². The highest BCUT2D eigenvalue weighted by molar-refractivity contribution is 6.35. The maximum atomic E-state index is 14.4. The summed E-state index contributed by atoms with van der Waals surface area (Å²) in [6.45, 7) is 0.298. The summed E-state index contributed by atoms with van der Waals surface area (Å²) in [7, 11) is 0. The van der Waals surface area contributed by atoms with Gasteiger partial charge in [-0.3, -0.25) is 0 Å². The normalized spacial score (nSPS) is 23.1. The molecule has 2 aliphatic heterocycles. The smallest absolute Gasteiger partial charge is 0.419 e. The summed E-state index contributed by atoms with van der Waals surface area (Å²) in [5.74, 6) is -4.92. The van der Waals surface area contributed by atoms with Crippen molar-refractivity contribution >= 4 is 29.1 Å². The van der Waals surface area contributed by atoms with Gasteiger partial charge in [0.1, 0.15) is 0 Å². The van der Waals surface area contributed by atoms with Crippen LogP contribution in [0.15, 0.2) is 41.6 Å². The molecule has 2 aromatic carbocycles. The first-order valence-electron chi connectivity index (χ1n) is 8.23. The summed E-state index contributed by atoms with van der Waals surface area (Å²) in [4.78, 5) is 4.65. The lowest BCUT2D eigenvalue weighted by molar-refractivity contribution is -0.352. The summed E-state index contributed by atoms with van der Waals surface area (Å²) in [5.41, 5.74) is -1.70. The molecule has 154 valence electrons. The molecule has 0 amide bonds. The lowest BCUT2D eigenvalue weighted by atomic mass is 9.89. The molecule has 4 nitrogen and oxygen atoms in total. The SMILES string of the molecule is Fc1c(Cl)cc(C2(C(F)(F)F)ON=C(c3ccc(C4(F)CNC4)cc3)O2)cc1Cl. The van der Waals surface area contributed by atoms with Crippen LogP contribution in [0.25, 0.3) is 0 Å². The molecule has 29 heavy (non-hydrogen) atoms. The molecule has 0 bridgehead atoms. The number of hydrogen-bond acceptors (Lipinski definition) is 4. The second-order valence-corrected chi connectivity index (χ2v) is 7.42. The topological polar surface area (TPSA) is 42.8 Å². The van der Waals surface area contributed by atoms with Crippen molar-refractivity contribution in [2.45, 2.75) is 17.6 Å². The van der Waals surface area contributed by atoms with Gasteiger partial charge in [0.25, 0.3) is 5.90 Å². The van der Waals surface area contributed by atoms with Crippen molar-refractivity contribution in [3.63, 3.8) is 0 Å². The van der Waals surface area contributed by atoms with Crippen molar-refractivity contribution < 1.29 is 31.5 Å². The minimum absolute atomic E-state index is 0.134. The molecular weight excluding hydrogens is 442 g/mol. The van der Waals surface area contributed by atoms with E-state index in [9.17, 15) is 22.0 Å². The monoisotopic (exact) mass is 452 g/mol. The Morgan fingerprint density at radius 3 is 2.07 bits per heavy atom. The van der Waals surface area contributed by atoms with Gasteiger partial charge < -0.3 is 14.9 Å². The molecule has 1 saturated heterocycles. The maximum absolute atomic E-state index is 14.4. The van der Waals surface area contributed by atoms with E-state index < -0.39 is 45.0 Å². The van der Waals surface area contributed by atoms with Crippen LogP contribution in [-0.2, 0) is 21.0 Å². The number of alkyl halides is 4.